The Bertz CT molecular complexity index is 542. The zero-order valence-corrected chi connectivity index (χ0v) is 10.8. The van der Waals surface area contributed by atoms with Gasteiger partial charge in [0, 0.05) is 23.1 Å². The van der Waals surface area contributed by atoms with Crippen molar-refractivity contribution in [3.63, 3.8) is 0 Å². The van der Waals surface area contributed by atoms with Crippen molar-refractivity contribution >= 4 is 11.6 Å². The van der Waals surface area contributed by atoms with Gasteiger partial charge in [0.25, 0.3) is 5.89 Å². The van der Waals surface area contributed by atoms with Gasteiger partial charge in [0.15, 0.2) is 5.82 Å². The van der Waals surface area contributed by atoms with Crippen LogP contribution in [0.5, 0.6) is 0 Å². The smallest absolute Gasteiger partial charge is 0.257 e. The summed E-state index contributed by atoms with van der Waals surface area (Å²) in [4.78, 5) is 4.43. The highest BCUT2D eigenvalue weighted by Crippen LogP contribution is 2.27. The average molecular weight is 265 g/mol. The first-order valence-corrected chi connectivity index (χ1v) is 6.29. The topological polar surface area (TPSA) is 48.2 Å². The van der Waals surface area contributed by atoms with E-state index < -0.39 is 0 Å². The molecule has 0 unspecified atom stereocenters. The molecule has 0 spiro atoms. The number of nitrogens with zero attached hydrogens (tertiary/aromatic N) is 2. The van der Waals surface area contributed by atoms with E-state index in [4.69, 9.17) is 20.9 Å². The first-order chi connectivity index (χ1) is 8.72. The molecule has 1 aliphatic heterocycles. The van der Waals surface area contributed by atoms with Crippen LogP contribution in [0.15, 0.2) is 22.7 Å². The lowest BCUT2D eigenvalue weighted by Crippen LogP contribution is -1.99. The molecule has 5 heteroatoms. The van der Waals surface area contributed by atoms with E-state index in [1.165, 1.54) is 0 Å². The molecule has 0 amide bonds. The number of aromatic nitrogens is 2. The van der Waals surface area contributed by atoms with Crippen molar-refractivity contribution in [1.29, 1.82) is 0 Å². The van der Waals surface area contributed by atoms with Gasteiger partial charge >= 0.3 is 0 Å². The lowest BCUT2D eigenvalue weighted by Gasteiger charge is -1.99. The number of ether oxygens (including phenoxy) is 1. The number of aryl methyl sites for hydroxylation is 1. The van der Waals surface area contributed by atoms with Crippen molar-refractivity contribution in [2.45, 2.75) is 19.3 Å². The molecule has 1 saturated heterocycles. The zero-order valence-electron chi connectivity index (χ0n) is 10.0. The van der Waals surface area contributed by atoms with Crippen LogP contribution in [0.4, 0.5) is 0 Å². The van der Waals surface area contributed by atoms with Crippen LogP contribution in [0.3, 0.4) is 0 Å². The van der Waals surface area contributed by atoms with E-state index in [-0.39, 0.29) is 5.92 Å². The molecule has 2 aromatic rings. The Balaban J connectivity index is 1.92. The molecule has 1 aromatic carbocycles. The van der Waals surface area contributed by atoms with Crippen molar-refractivity contribution in [3.8, 4) is 11.5 Å². The summed E-state index contributed by atoms with van der Waals surface area (Å²) in [7, 11) is 0. The predicted molar refractivity (Wildman–Crippen MR) is 67.7 cm³/mol. The Morgan fingerprint density at radius 2 is 2.22 bits per heavy atom. The van der Waals surface area contributed by atoms with Gasteiger partial charge in [-0.3, -0.25) is 0 Å². The first-order valence-electron chi connectivity index (χ1n) is 5.91. The number of rotatable bonds is 2. The molecule has 3 rings (SSSR count). The fourth-order valence-electron chi connectivity index (χ4n) is 2.12. The van der Waals surface area contributed by atoms with Gasteiger partial charge in [-0.1, -0.05) is 16.8 Å². The van der Waals surface area contributed by atoms with E-state index in [1.54, 1.807) is 0 Å². The second kappa shape index (κ2) is 4.71. The van der Waals surface area contributed by atoms with Gasteiger partial charge in [-0.2, -0.15) is 4.98 Å². The van der Waals surface area contributed by atoms with Crippen LogP contribution in [-0.4, -0.2) is 23.4 Å². The second-order valence-corrected chi connectivity index (χ2v) is 4.97. The molecule has 0 N–H and O–H groups in total. The average Bonchev–Trinajstić information content (AvgIpc) is 2.99. The molecule has 0 aliphatic carbocycles. The molecule has 1 atom stereocenters. The van der Waals surface area contributed by atoms with Crippen molar-refractivity contribution in [1.82, 2.24) is 10.1 Å². The molecule has 1 fully saturated rings. The normalized spacial score (nSPS) is 19.3. The van der Waals surface area contributed by atoms with Gasteiger partial charge in [-0.05, 0) is 37.1 Å². The van der Waals surface area contributed by atoms with Crippen LogP contribution in [0, 0.1) is 6.92 Å². The molecule has 0 bridgehead atoms. The van der Waals surface area contributed by atoms with Crippen molar-refractivity contribution in [2.75, 3.05) is 13.2 Å². The van der Waals surface area contributed by atoms with Crippen LogP contribution < -0.4 is 0 Å². The molecule has 94 valence electrons. The standard InChI is InChI=1S/C13H13ClN2O2/c1-8-4-10(6-11(14)5-8)13-15-12(16-18-13)9-2-3-17-7-9/h4-6,9H,2-3,7H2,1H3/t9-/m1/s1. The van der Waals surface area contributed by atoms with E-state index in [2.05, 4.69) is 10.1 Å². The lowest BCUT2D eigenvalue weighted by molar-refractivity contribution is 0.192. The molecule has 1 aliphatic rings. The van der Waals surface area contributed by atoms with E-state index >= 15 is 0 Å². The van der Waals surface area contributed by atoms with Crippen molar-refractivity contribution in [2.24, 2.45) is 0 Å². The first kappa shape index (κ1) is 11.7. The largest absolute Gasteiger partial charge is 0.381 e. The summed E-state index contributed by atoms with van der Waals surface area (Å²) in [6, 6.07) is 5.71. The Morgan fingerprint density at radius 1 is 1.33 bits per heavy atom. The minimum Gasteiger partial charge on any atom is -0.381 e. The molecule has 0 radical (unpaired) electrons. The molecule has 4 nitrogen and oxygen atoms in total. The molecular formula is C13H13ClN2O2. The van der Waals surface area contributed by atoms with Gasteiger partial charge in [-0.15, -0.1) is 0 Å². The molecule has 1 aromatic heterocycles. The third-order valence-electron chi connectivity index (χ3n) is 3.03. The SMILES string of the molecule is Cc1cc(Cl)cc(-c2nc([C@@H]3CCOC3)no2)c1. The fraction of sp³-hybridized carbons (Fsp3) is 0.385. The van der Waals surface area contributed by atoms with Gasteiger partial charge in [0.2, 0.25) is 0 Å². The van der Waals surface area contributed by atoms with E-state index in [0.717, 1.165) is 30.0 Å². The van der Waals surface area contributed by atoms with Crippen LogP contribution in [0.25, 0.3) is 11.5 Å². The van der Waals surface area contributed by atoms with E-state index in [1.807, 2.05) is 25.1 Å². The van der Waals surface area contributed by atoms with Crippen LogP contribution in [-0.2, 0) is 4.74 Å². The van der Waals surface area contributed by atoms with Gasteiger partial charge in [0.05, 0.1) is 6.61 Å². The Morgan fingerprint density at radius 3 is 2.94 bits per heavy atom. The summed E-state index contributed by atoms with van der Waals surface area (Å²) in [6.45, 7) is 3.43. The lowest BCUT2D eigenvalue weighted by atomic mass is 10.1. The number of benzene rings is 1. The Kier molecular flexibility index (Phi) is 3.06. The van der Waals surface area contributed by atoms with Crippen LogP contribution in [0.2, 0.25) is 5.02 Å². The molecule has 18 heavy (non-hydrogen) atoms. The summed E-state index contributed by atoms with van der Waals surface area (Å²) in [5.74, 6) is 1.49. The maximum absolute atomic E-state index is 6.02. The quantitative estimate of drug-likeness (QED) is 0.836. The minimum atomic E-state index is 0.253. The summed E-state index contributed by atoms with van der Waals surface area (Å²) in [5, 5.41) is 4.70. The van der Waals surface area contributed by atoms with Crippen molar-refractivity contribution in [3.05, 3.63) is 34.6 Å². The molecular weight excluding hydrogens is 252 g/mol. The van der Waals surface area contributed by atoms with E-state index in [9.17, 15) is 0 Å². The second-order valence-electron chi connectivity index (χ2n) is 4.54. The Hall–Kier alpha value is -1.39. The number of hydrogen-bond donors (Lipinski definition) is 0. The highest BCUT2D eigenvalue weighted by Gasteiger charge is 2.23. The minimum absolute atomic E-state index is 0.253. The van der Waals surface area contributed by atoms with Gasteiger partial charge in [0.1, 0.15) is 0 Å². The monoisotopic (exact) mass is 264 g/mol. The van der Waals surface area contributed by atoms with Gasteiger partial charge < -0.3 is 9.26 Å². The van der Waals surface area contributed by atoms with Crippen molar-refractivity contribution < 1.29 is 9.26 Å². The third-order valence-corrected chi connectivity index (χ3v) is 3.24. The fourth-order valence-corrected chi connectivity index (χ4v) is 2.41. The third kappa shape index (κ3) is 2.26. The maximum Gasteiger partial charge on any atom is 0.257 e. The molecule has 0 saturated carbocycles. The summed E-state index contributed by atoms with van der Waals surface area (Å²) >= 11 is 6.02. The number of halogens is 1. The highest BCUT2D eigenvalue weighted by molar-refractivity contribution is 6.30. The predicted octanol–water partition coefficient (Wildman–Crippen LogP) is 3.20. The maximum atomic E-state index is 6.02. The number of hydrogen-bond acceptors (Lipinski definition) is 4. The zero-order chi connectivity index (χ0) is 12.5. The van der Waals surface area contributed by atoms with Gasteiger partial charge in [-0.25, -0.2) is 0 Å². The summed E-state index contributed by atoms with van der Waals surface area (Å²) in [6.07, 6.45) is 0.952. The van der Waals surface area contributed by atoms with Crippen LogP contribution in [0.1, 0.15) is 23.7 Å². The highest BCUT2D eigenvalue weighted by atomic mass is 35.5. The summed E-state index contributed by atoms with van der Waals surface area (Å²) in [5.41, 5.74) is 1.93. The van der Waals surface area contributed by atoms with Crippen LogP contribution >= 0.6 is 11.6 Å². The molecule has 2 heterocycles. The van der Waals surface area contributed by atoms with E-state index in [0.29, 0.717) is 17.5 Å². The summed E-state index contributed by atoms with van der Waals surface area (Å²) < 4.78 is 10.6. The Labute approximate surface area is 110 Å².